The van der Waals surface area contributed by atoms with Gasteiger partial charge in [0.2, 0.25) is 0 Å². The predicted molar refractivity (Wildman–Crippen MR) is 146 cm³/mol. The molecule has 5 rings (SSSR count). The van der Waals surface area contributed by atoms with Crippen molar-refractivity contribution in [1.29, 1.82) is 0 Å². The zero-order chi connectivity index (χ0) is 31.5. The van der Waals surface area contributed by atoms with Crippen LogP contribution < -0.4 is 20.4 Å². The standard InChI is InChI=1S/C24H28N6O12P2/c1-2-25-24(33)29-21-18-22(27-12-26-21)30(13-28-18)23-20-19(40-17(41-20)9-8-14-6-4-3-5-7-14)15(39-23)10-38-44(36,37)42-43(34,35)11-16(31)32/h3-9,12-13,15,17,19-20,23H,2,10-11H2,1H3,(H,31,32)(H,34,35)(H,36,37)(H2,25,26,27,29,33)/p-2/b9-8+/t15-,17+,19+,20+,23-/m1/s1. The fourth-order valence-corrected chi connectivity index (χ4v) is 6.84. The van der Waals surface area contributed by atoms with Gasteiger partial charge in [-0.25, -0.2) is 19.7 Å². The van der Waals surface area contributed by atoms with Crippen LogP contribution in [0, 0.1) is 0 Å². The highest BCUT2D eigenvalue weighted by Crippen LogP contribution is 2.55. The largest absolute Gasteiger partial charge is 0.778 e. The van der Waals surface area contributed by atoms with Crippen molar-refractivity contribution in [2.45, 2.75) is 37.8 Å². The summed E-state index contributed by atoms with van der Waals surface area (Å²) >= 11 is 0. The van der Waals surface area contributed by atoms with E-state index in [1.807, 2.05) is 30.3 Å². The number of hydrogen-bond donors (Lipinski definition) is 3. The number of amides is 2. The average Bonchev–Trinajstić information content (AvgIpc) is 3.64. The van der Waals surface area contributed by atoms with Gasteiger partial charge in [-0.1, -0.05) is 36.4 Å². The first-order valence-electron chi connectivity index (χ1n) is 13.1. The number of nitrogens with one attached hydrogen (secondary N) is 2. The lowest BCUT2D eigenvalue weighted by molar-refractivity contribution is -0.234. The summed E-state index contributed by atoms with van der Waals surface area (Å²) < 4.78 is 52.5. The van der Waals surface area contributed by atoms with Gasteiger partial charge in [-0.15, -0.1) is 0 Å². The number of carbonyl (C=O) groups is 2. The van der Waals surface area contributed by atoms with Crippen molar-refractivity contribution in [2.24, 2.45) is 0 Å². The van der Waals surface area contributed by atoms with Crippen LogP contribution in [-0.2, 0) is 37.0 Å². The second kappa shape index (κ2) is 13.2. The molecular formula is C24H26N6O12P2-2. The number of carboxylic acid groups (broad SMARTS) is 1. The molecule has 0 aliphatic carbocycles. The average molecular weight is 652 g/mol. The van der Waals surface area contributed by atoms with Crippen LogP contribution in [0.2, 0.25) is 0 Å². The van der Waals surface area contributed by atoms with Crippen LogP contribution in [0.5, 0.6) is 0 Å². The maximum atomic E-state index is 12.3. The lowest BCUT2D eigenvalue weighted by Crippen LogP contribution is -2.32. The minimum atomic E-state index is -5.54. The molecule has 2 saturated heterocycles. The molecule has 2 fully saturated rings. The van der Waals surface area contributed by atoms with E-state index in [0.717, 1.165) is 5.56 Å². The van der Waals surface area contributed by atoms with Crippen molar-refractivity contribution in [2.75, 3.05) is 24.6 Å². The van der Waals surface area contributed by atoms with Crippen LogP contribution >= 0.6 is 15.4 Å². The Hall–Kier alpha value is -3.57. The van der Waals surface area contributed by atoms with Gasteiger partial charge in [0.1, 0.15) is 30.8 Å². The quantitative estimate of drug-likeness (QED) is 0.229. The van der Waals surface area contributed by atoms with E-state index in [2.05, 4.69) is 29.9 Å². The summed E-state index contributed by atoms with van der Waals surface area (Å²) in [5.41, 5.74) is 1.32. The third-order valence-corrected chi connectivity index (χ3v) is 9.18. The first-order valence-corrected chi connectivity index (χ1v) is 16.2. The number of fused-ring (bicyclic) bond motifs is 2. The van der Waals surface area contributed by atoms with Crippen LogP contribution in [0.25, 0.3) is 17.2 Å². The summed E-state index contributed by atoms with van der Waals surface area (Å²) in [6.45, 7) is 1.36. The molecular weight excluding hydrogens is 626 g/mol. The van der Waals surface area contributed by atoms with Crippen LogP contribution in [0.3, 0.4) is 0 Å². The number of phosphoric acid groups is 1. The minimum Gasteiger partial charge on any atom is -0.778 e. The van der Waals surface area contributed by atoms with Crippen molar-refractivity contribution in [3.63, 3.8) is 0 Å². The number of carbonyl (C=O) groups excluding carboxylic acids is 1. The number of benzene rings is 1. The third-order valence-electron chi connectivity index (χ3n) is 6.27. The van der Waals surface area contributed by atoms with Gasteiger partial charge in [0.05, 0.1) is 12.9 Å². The molecule has 7 atom stereocenters. The van der Waals surface area contributed by atoms with E-state index in [9.17, 15) is 28.5 Å². The Balaban J connectivity index is 1.38. The van der Waals surface area contributed by atoms with Gasteiger partial charge in [-0.2, -0.15) is 0 Å². The second-order valence-electron chi connectivity index (χ2n) is 9.42. The molecule has 0 radical (unpaired) electrons. The van der Waals surface area contributed by atoms with E-state index >= 15 is 0 Å². The topological polar surface area (TPSA) is 248 Å². The highest BCUT2D eigenvalue weighted by Gasteiger charge is 2.53. The maximum absolute atomic E-state index is 12.3. The molecule has 2 aliphatic heterocycles. The van der Waals surface area contributed by atoms with Crippen LogP contribution in [-0.4, -0.2) is 80.5 Å². The summed E-state index contributed by atoms with van der Waals surface area (Å²) in [7, 11) is -10.9. The maximum Gasteiger partial charge on any atom is 0.320 e. The van der Waals surface area contributed by atoms with Crippen molar-refractivity contribution >= 4 is 50.5 Å². The molecule has 20 heteroatoms. The Labute approximate surface area is 249 Å². The van der Waals surface area contributed by atoms with Crippen molar-refractivity contribution in [3.05, 3.63) is 54.6 Å². The van der Waals surface area contributed by atoms with Crippen molar-refractivity contribution in [1.82, 2.24) is 24.8 Å². The first kappa shape index (κ1) is 31.8. The van der Waals surface area contributed by atoms with Crippen molar-refractivity contribution in [3.8, 4) is 0 Å². The lowest BCUT2D eigenvalue weighted by atomic mass is 10.1. The SMILES string of the molecule is CCNC(=O)Nc1ncnc2c1ncn2[C@@H]1O[C@H](COP(=O)([O-])OP(=O)([O-])CC(=O)O)[C@@H]2O[C@H](/C=C/c3ccccc3)O[C@@H]21. The number of phosphoric ester groups is 1. The van der Waals surface area contributed by atoms with E-state index in [1.54, 1.807) is 19.1 Å². The zero-order valence-electron chi connectivity index (χ0n) is 22.8. The summed E-state index contributed by atoms with van der Waals surface area (Å²) in [6, 6.07) is 8.78. The van der Waals surface area contributed by atoms with E-state index in [4.69, 9.17) is 23.8 Å². The van der Waals surface area contributed by atoms with E-state index < -0.39 is 71.0 Å². The Bertz CT molecular complexity index is 1640. The molecule has 3 aromatic rings. The van der Waals surface area contributed by atoms with Crippen LogP contribution in [0.4, 0.5) is 10.6 Å². The number of imidazole rings is 1. The molecule has 2 amide bonds. The number of aromatic nitrogens is 4. The fraction of sp³-hybridized carbons (Fsp3) is 0.375. The summed E-state index contributed by atoms with van der Waals surface area (Å²) in [4.78, 5) is 59.5. The van der Waals surface area contributed by atoms with Crippen LogP contribution in [0.15, 0.2) is 49.1 Å². The highest BCUT2D eigenvalue weighted by atomic mass is 31.3. The monoisotopic (exact) mass is 652 g/mol. The van der Waals surface area contributed by atoms with Gasteiger partial charge in [-0.05, 0) is 18.6 Å². The van der Waals surface area contributed by atoms with E-state index in [1.165, 1.54) is 17.2 Å². The van der Waals surface area contributed by atoms with Gasteiger partial charge in [-0.3, -0.25) is 23.6 Å². The molecule has 2 aliphatic rings. The number of ether oxygens (including phenoxy) is 3. The number of rotatable bonds is 12. The molecule has 2 unspecified atom stereocenters. The highest BCUT2D eigenvalue weighted by molar-refractivity contribution is 7.63. The Morgan fingerprint density at radius 3 is 2.59 bits per heavy atom. The molecule has 0 saturated carbocycles. The minimum absolute atomic E-state index is 0.120. The van der Waals surface area contributed by atoms with Crippen molar-refractivity contribution < 1.29 is 56.7 Å². The molecule has 3 N–H and O–H groups in total. The molecule has 2 aromatic heterocycles. The smallest absolute Gasteiger partial charge is 0.320 e. The molecule has 18 nitrogen and oxygen atoms in total. The molecule has 1 aromatic carbocycles. The Morgan fingerprint density at radius 2 is 1.86 bits per heavy atom. The fourth-order valence-electron chi connectivity index (χ4n) is 4.54. The zero-order valence-corrected chi connectivity index (χ0v) is 24.6. The van der Waals surface area contributed by atoms with Gasteiger partial charge in [0, 0.05) is 6.54 Å². The molecule has 0 bridgehead atoms. The number of aliphatic carboxylic acids is 1. The van der Waals surface area contributed by atoms with Crippen LogP contribution in [0.1, 0.15) is 18.7 Å². The van der Waals surface area contributed by atoms with Gasteiger partial charge >= 0.3 is 12.0 Å². The normalized spacial score (nSPS) is 25.8. The van der Waals surface area contributed by atoms with E-state index in [-0.39, 0.29) is 17.0 Å². The van der Waals surface area contributed by atoms with Gasteiger partial charge in [0.25, 0.3) is 7.82 Å². The first-order chi connectivity index (χ1) is 20.9. The number of hydrogen-bond acceptors (Lipinski definition) is 14. The number of nitrogens with zero attached hydrogens (tertiary/aromatic N) is 4. The summed E-state index contributed by atoms with van der Waals surface area (Å²) in [5.74, 6) is -1.69. The van der Waals surface area contributed by atoms with E-state index in [0.29, 0.717) is 6.54 Å². The summed E-state index contributed by atoms with van der Waals surface area (Å²) in [6.07, 6.45) is -0.441. The second-order valence-corrected chi connectivity index (χ2v) is 12.8. The number of carboxylic acids is 1. The number of anilines is 1. The summed E-state index contributed by atoms with van der Waals surface area (Å²) in [5, 5.41) is 13.9. The molecule has 236 valence electrons. The Morgan fingerprint density at radius 1 is 1.11 bits per heavy atom. The molecule has 4 heterocycles. The molecule has 44 heavy (non-hydrogen) atoms. The van der Waals surface area contributed by atoms with Gasteiger partial charge < -0.3 is 43.5 Å². The third kappa shape index (κ3) is 7.55. The molecule has 0 spiro atoms. The Kier molecular flexibility index (Phi) is 9.55. The van der Waals surface area contributed by atoms with Gasteiger partial charge in [0.15, 0.2) is 37.1 Å². The number of urea groups is 1. The predicted octanol–water partition coefficient (Wildman–Crippen LogP) is 0.828. The lowest BCUT2D eigenvalue weighted by Gasteiger charge is -2.31.